The standard InChI is InChI=1S/C22H25N3O4S/c1-25-10-9-23-22(25)21(15-12-16(28-2)14-17(13-15)29-3)24-20(27)8-4-6-18(26)19-7-5-11-30-19/h5,7,9-14,21H,4,6,8H2,1-3H3,(H,24,27). The Balaban J connectivity index is 1.73. The number of carbonyl (C=O) groups is 2. The van der Waals surface area contributed by atoms with Crippen molar-refractivity contribution in [3.8, 4) is 11.5 Å². The first kappa shape index (κ1) is 21.6. The number of aryl methyl sites for hydroxylation is 1. The van der Waals surface area contributed by atoms with Crippen molar-refractivity contribution >= 4 is 23.0 Å². The number of ether oxygens (including phenoxy) is 2. The molecule has 0 spiro atoms. The van der Waals surface area contributed by atoms with Crippen LogP contribution in [-0.2, 0) is 11.8 Å². The SMILES string of the molecule is COc1cc(OC)cc(C(NC(=O)CCCC(=O)c2cccs2)c2nccn2C)c1. The highest BCUT2D eigenvalue weighted by Gasteiger charge is 2.22. The Labute approximate surface area is 179 Å². The van der Waals surface area contributed by atoms with E-state index in [0.29, 0.717) is 30.2 Å². The van der Waals surface area contributed by atoms with E-state index < -0.39 is 6.04 Å². The fraction of sp³-hybridized carbons (Fsp3) is 0.318. The molecule has 0 bridgehead atoms. The summed E-state index contributed by atoms with van der Waals surface area (Å²) < 4.78 is 12.6. The molecule has 2 aromatic heterocycles. The summed E-state index contributed by atoms with van der Waals surface area (Å²) in [4.78, 5) is 30.0. The molecule has 1 amide bonds. The number of ketones is 1. The Bertz CT molecular complexity index is 975. The van der Waals surface area contributed by atoms with Gasteiger partial charge >= 0.3 is 0 Å². The zero-order valence-electron chi connectivity index (χ0n) is 17.3. The molecule has 3 rings (SSSR count). The molecule has 0 aliphatic carbocycles. The number of hydrogen-bond donors (Lipinski definition) is 1. The molecule has 8 heteroatoms. The van der Waals surface area contributed by atoms with Crippen LogP contribution >= 0.6 is 11.3 Å². The molecule has 1 unspecified atom stereocenters. The van der Waals surface area contributed by atoms with E-state index in [-0.39, 0.29) is 18.1 Å². The van der Waals surface area contributed by atoms with Crippen molar-refractivity contribution in [2.24, 2.45) is 7.05 Å². The van der Waals surface area contributed by atoms with Crippen molar-refractivity contribution < 1.29 is 19.1 Å². The van der Waals surface area contributed by atoms with Gasteiger partial charge in [-0.3, -0.25) is 9.59 Å². The summed E-state index contributed by atoms with van der Waals surface area (Å²) in [6.07, 6.45) is 4.58. The second kappa shape index (κ2) is 10.1. The van der Waals surface area contributed by atoms with Gasteiger partial charge in [0.05, 0.1) is 19.1 Å². The highest BCUT2D eigenvalue weighted by atomic mass is 32.1. The van der Waals surface area contributed by atoms with Crippen molar-refractivity contribution in [2.45, 2.75) is 25.3 Å². The highest BCUT2D eigenvalue weighted by molar-refractivity contribution is 7.12. The van der Waals surface area contributed by atoms with E-state index in [9.17, 15) is 9.59 Å². The topological polar surface area (TPSA) is 82.4 Å². The zero-order valence-corrected chi connectivity index (χ0v) is 18.1. The number of aromatic nitrogens is 2. The van der Waals surface area contributed by atoms with Crippen LogP contribution in [0.3, 0.4) is 0 Å². The van der Waals surface area contributed by atoms with Crippen LogP contribution in [0.4, 0.5) is 0 Å². The molecule has 158 valence electrons. The normalized spacial score (nSPS) is 11.7. The van der Waals surface area contributed by atoms with Crippen LogP contribution < -0.4 is 14.8 Å². The minimum Gasteiger partial charge on any atom is -0.497 e. The summed E-state index contributed by atoms with van der Waals surface area (Å²) >= 11 is 1.42. The number of imidazole rings is 1. The lowest BCUT2D eigenvalue weighted by Crippen LogP contribution is -2.31. The van der Waals surface area contributed by atoms with Gasteiger partial charge in [-0.2, -0.15) is 0 Å². The minimum absolute atomic E-state index is 0.0657. The van der Waals surface area contributed by atoms with Gasteiger partial charge in [-0.15, -0.1) is 11.3 Å². The number of methoxy groups -OCH3 is 2. The smallest absolute Gasteiger partial charge is 0.220 e. The average molecular weight is 428 g/mol. The third kappa shape index (κ3) is 5.27. The van der Waals surface area contributed by atoms with Gasteiger partial charge in [0.25, 0.3) is 0 Å². The number of nitrogens with one attached hydrogen (secondary N) is 1. The van der Waals surface area contributed by atoms with Crippen molar-refractivity contribution in [2.75, 3.05) is 14.2 Å². The zero-order chi connectivity index (χ0) is 21.5. The second-order valence-electron chi connectivity index (χ2n) is 6.80. The van der Waals surface area contributed by atoms with E-state index in [4.69, 9.17) is 9.47 Å². The van der Waals surface area contributed by atoms with Crippen molar-refractivity contribution in [1.82, 2.24) is 14.9 Å². The Morgan fingerprint density at radius 2 is 1.90 bits per heavy atom. The Morgan fingerprint density at radius 1 is 1.17 bits per heavy atom. The number of nitrogens with zero attached hydrogens (tertiary/aromatic N) is 2. The van der Waals surface area contributed by atoms with E-state index in [1.807, 2.05) is 41.4 Å². The van der Waals surface area contributed by atoms with Crippen LogP contribution in [-0.4, -0.2) is 35.5 Å². The largest absolute Gasteiger partial charge is 0.497 e. The Kier molecular flexibility index (Phi) is 7.24. The molecule has 1 atom stereocenters. The number of carbonyl (C=O) groups excluding carboxylic acids is 2. The Morgan fingerprint density at radius 3 is 2.47 bits per heavy atom. The van der Waals surface area contributed by atoms with E-state index in [2.05, 4.69) is 10.3 Å². The summed E-state index contributed by atoms with van der Waals surface area (Å²) in [6.45, 7) is 0. The van der Waals surface area contributed by atoms with Gasteiger partial charge in [0, 0.05) is 38.3 Å². The van der Waals surface area contributed by atoms with Gasteiger partial charge in [-0.1, -0.05) is 6.07 Å². The molecule has 0 fully saturated rings. The van der Waals surface area contributed by atoms with Gasteiger partial charge in [-0.05, 0) is 35.6 Å². The van der Waals surface area contributed by atoms with E-state index in [1.54, 1.807) is 32.5 Å². The maximum absolute atomic E-state index is 12.7. The lowest BCUT2D eigenvalue weighted by Gasteiger charge is -2.20. The number of benzene rings is 1. The molecular weight excluding hydrogens is 402 g/mol. The molecule has 0 radical (unpaired) electrons. The molecule has 1 aromatic carbocycles. The number of hydrogen-bond acceptors (Lipinski definition) is 6. The predicted molar refractivity (Wildman–Crippen MR) is 115 cm³/mol. The van der Waals surface area contributed by atoms with Crippen molar-refractivity contribution in [3.63, 3.8) is 0 Å². The molecule has 3 aromatic rings. The lowest BCUT2D eigenvalue weighted by molar-refractivity contribution is -0.121. The van der Waals surface area contributed by atoms with Crippen molar-refractivity contribution in [3.05, 3.63) is 64.4 Å². The number of amides is 1. The number of thiophene rings is 1. The minimum atomic E-state index is -0.477. The Hall–Kier alpha value is -3.13. The maximum atomic E-state index is 12.7. The molecule has 7 nitrogen and oxygen atoms in total. The third-order valence-electron chi connectivity index (χ3n) is 4.73. The molecule has 0 aliphatic heterocycles. The average Bonchev–Trinajstić information content (AvgIpc) is 3.43. The summed E-state index contributed by atoms with van der Waals surface area (Å²) in [5.74, 6) is 1.85. The first-order valence-corrected chi connectivity index (χ1v) is 10.5. The van der Waals surface area contributed by atoms with Gasteiger partial charge in [-0.25, -0.2) is 4.98 Å². The van der Waals surface area contributed by atoms with Gasteiger partial charge < -0.3 is 19.4 Å². The molecule has 2 heterocycles. The van der Waals surface area contributed by atoms with E-state index >= 15 is 0 Å². The predicted octanol–water partition coefficient (Wildman–Crippen LogP) is 3.76. The van der Waals surface area contributed by atoms with Crippen LogP contribution in [0.15, 0.2) is 48.1 Å². The molecule has 0 saturated heterocycles. The number of Topliss-reactive ketones (excluding diaryl/α,β-unsaturated/α-hetero) is 1. The fourth-order valence-electron chi connectivity index (χ4n) is 3.15. The summed E-state index contributed by atoms with van der Waals surface area (Å²) in [5.41, 5.74) is 0.795. The van der Waals surface area contributed by atoms with Crippen LogP contribution in [0, 0.1) is 0 Å². The first-order valence-electron chi connectivity index (χ1n) is 9.58. The van der Waals surface area contributed by atoms with Crippen LogP contribution in [0.25, 0.3) is 0 Å². The first-order chi connectivity index (χ1) is 14.5. The van der Waals surface area contributed by atoms with Crippen LogP contribution in [0.5, 0.6) is 11.5 Å². The summed E-state index contributed by atoms with van der Waals surface area (Å²) in [6, 6.07) is 8.65. The molecule has 30 heavy (non-hydrogen) atoms. The molecule has 0 aliphatic rings. The highest BCUT2D eigenvalue weighted by Crippen LogP contribution is 2.29. The summed E-state index contributed by atoms with van der Waals surface area (Å²) in [5, 5.41) is 4.92. The van der Waals surface area contributed by atoms with Gasteiger partial charge in [0.15, 0.2) is 5.78 Å². The van der Waals surface area contributed by atoms with E-state index in [1.165, 1.54) is 11.3 Å². The summed E-state index contributed by atoms with van der Waals surface area (Å²) in [7, 11) is 5.04. The van der Waals surface area contributed by atoms with Gasteiger partial charge in [0.1, 0.15) is 23.4 Å². The maximum Gasteiger partial charge on any atom is 0.220 e. The van der Waals surface area contributed by atoms with Gasteiger partial charge in [0.2, 0.25) is 5.91 Å². The molecule has 0 saturated carbocycles. The quantitative estimate of drug-likeness (QED) is 0.498. The molecular formula is C22H25N3O4S. The monoisotopic (exact) mass is 427 g/mol. The lowest BCUT2D eigenvalue weighted by atomic mass is 10.0. The fourth-order valence-corrected chi connectivity index (χ4v) is 3.85. The number of rotatable bonds is 10. The molecule has 1 N–H and O–H groups in total. The van der Waals surface area contributed by atoms with Crippen LogP contribution in [0.1, 0.15) is 46.4 Å². The second-order valence-corrected chi connectivity index (χ2v) is 7.74. The third-order valence-corrected chi connectivity index (χ3v) is 5.64. The van der Waals surface area contributed by atoms with Crippen molar-refractivity contribution in [1.29, 1.82) is 0 Å². The van der Waals surface area contributed by atoms with Crippen LogP contribution in [0.2, 0.25) is 0 Å². The van der Waals surface area contributed by atoms with E-state index in [0.717, 1.165) is 10.4 Å².